The van der Waals surface area contributed by atoms with Crippen molar-refractivity contribution >= 4 is 44.7 Å². The van der Waals surface area contributed by atoms with Gasteiger partial charge in [-0.3, -0.25) is 23.5 Å². The second kappa shape index (κ2) is 20.0. The molecule has 2 fully saturated rings. The number of nitrogens with two attached hydrogens (primary N) is 1. The first-order chi connectivity index (χ1) is 30.8. The number of amides is 3. The van der Waals surface area contributed by atoms with Crippen molar-refractivity contribution in [1.29, 1.82) is 0 Å². The van der Waals surface area contributed by atoms with Gasteiger partial charge in [-0.05, 0) is 61.1 Å². The van der Waals surface area contributed by atoms with Crippen LogP contribution < -0.4 is 27.6 Å². The first kappa shape index (κ1) is 53.8. The van der Waals surface area contributed by atoms with E-state index in [4.69, 9.17) is 28.2 Å². The van der Waals surface area contributed by atoms with Gasteiger partial charge in [-0.25, -0.2) is 13.8 Å². The van der Waals surface area contributed by atoms with Gasteiger partial charge in [-0.1, -0.05) is 85.7 Å². The third-order valence-corrected chi connectivity index (χ3v) is 23.9. The second-order valence-electron chi connectivity index (χ2n) is 21.3. The van der Waals surface area contributed by atoms with Crippen molar-refractivity contribution in [2.24, 2.45) is 11.7 Å². The number of ether oxygens (including phenoxy) is 2. The summed E-state index contributed by atoms with van der Waals surface area (Å²) in [7, 11) is -9.67. The zero-order chi connectivity index (χ0) is 50.2. The Balaban J connectivity index is 1.37. The Morgan fingerprint density at radius 2 is 1.64 bits per heavy atom. The third-order valence-electron chi connectivity index (χ3n) is 13.9. The van der Waals surface area contributed by atoms with E-state index in [1.165, 1.54) is 22.6 Å². The van der Waals surface area contributed by atoms with E-state index < -0.39 is 109 Å². The van der Waals surface area contributed by atoms with Gasteiger partial charge in [0.2, 0.25) is 11.8 Å². The number of aliphatic hydroxyl groups is 1. The lowest BCUT2D eigenvalue weighted by molar-refractivity contribution is -0.140. The molecule has 7 atom stereocenters. The van der Waals surface area contributed by atoms with Gasteiger partial charge in [-0.15, -0.1) is 0 Å². The van der Waals surface area contributed by atoms with Gasteiger partial charge < -0.3 is 44.7 Å². The molecular formula is C45H72N6O13SSi2. The average molecular weight is 993 g/mol. The number of hydrogen-bond donors (Lipinski definition) is 4. The van der Waals surface area contributed by atoms with Crippen LogP contribution in [0, 0.1) is 12.8 Å². The Bertz CT molecular complexity index is 2410. The zero-order valence-corrected chi connectivity index (χ0v) is 44.0. The molecule has 0 unspecified atom stereocenters. The van der Waals surface area contributed by atoms with Crippen LogP contribution in [0.2, 0.25) is 36.3 Å². The molecule has 0 saturated carbocycles. The highest BCUT2D eigenvalue weighted by Gasteiger charge is 2.67. The fraction of sp³-hybridized carbons (Fsp3) is 0.667. The van der Waals surface area contributed by atoms with Gasteiger partial charge in [0.05, 0.1) is 23.8 Å². The Kier molecular flexibility index (Phi) is 16.1. The molecule has 374 valence electrons. The number of alkyl carbamates (subject to hydrolysis) is 1. The molecule has 1 aromatic heterocycles. The third kappa shape index (κ3) is 11.7. The molecule has 3 aliphatic heterocycles. The first-order valence-electron chi connectivity index (χ1n) is 22.8. The number of β-amino-alcohol motifs (C(OH)–C–C–N with tert-alkyl or cyclic N) is 1. The van der Waals surface area contributed by atoms with E-state index in [1.54, 1.807) is 26.0 Å². The molecule has 2 aromatic rings. The molecule has 0 radical (unpaired) electrons. The van der Waals surface area contributed by atoms with Crippen LogP contribution in [-0.2, 0) is 55.4 Å². The highest BCUT2D eigenvalue weighted by molar-refractivity contribution is 7.90. The molecule has 0 aliphatic carbocycles. The molecular weight excluding hydrogens is 921 g/mol. The number of rotatable bonds is 16. The number of carbonyl (C=O) groups is 3. The van der Waals surface area contributed by atoms with Gasteiger partial charge in [0.25, 0.3) is 15.7 Å². The number of carbonyl (C=O) groups excluding carboxylic acids is 3. The van der Waals surface area contributed by atoms with Crippen molar-refractivity contribution in [3.05, 3.63) is 79.6 Å². The maximum atomic E-state index is 14.6. The van der Waals surface area contributed by atoms with Crippen molar-refractivity contribution in [1.82, 2.24) is 24.7 Å². The van der Waals surface area contributed by atoms with Crippen LogP contribution in [0.3, 0.4) is 0 Å². The molecule has 22 heteroatoms. The van der Waals surface area contributed by atoms with E-state index in [0.29, 0.717) is 0 Å². The van der Waals surface area contributed by atoms with Crippen LogP contribution in [0.15, 0.2) is 57.2 Å². The van der Waals surface area contributed by atoms with Gasteiger partial charge in [0, 0.05) is 37.8 Å². The highest BCUT2D eigenvalue weighted by atomic mass is 32.2. The van der Waals surface area contributed by atoms with Crippen molar-refractivity contribution in [2.75, 3.05) is 19.7 Å². The molecule has 3 aliphatic rings. The largest absolute Gasteiger partial charge is 0.445 e. The molecule has 0 bridgehead atoms. The number of nitrogens with zero attached hydrogens (tertiary/aromatic N) is 3. The predicted molar refractivity (Wildman–Crippen MR) is 256 cm³/mol. The molecule has 5 N–H and O–H groups in total. The van der Waals surface area contributed by atoms with Crippen molar-refractivity contribution in [3.8, 4) is 0 Å². The van der Waals surface area contributed by atoms with Crippen LogP contribution in [0.1, 0.15) is 85.6 Å². The van der Waals surface area contributed by atoms with E-state index >= 15 is 0 Å². The summed E-state index contributed by atoms with van der Waals surface area (Å²) in [4.78, 5) is 69.8. The zero-order valence-electron chi connectivity index (χ0n) is 41.2. The summed E-state index contributed by atoms with van der Waals surface area (Å²) in [5.74, 6) is -1.52. The van der Waals surface area contributed by atoms with E-state index in [2.05, 4.69) is 31.4 Å². The SMILES string of the molecule is Cc1cn([C@@H]2O[C@H](CO[Si](C)(C)C(C)(C)C)[C@@]3(OS(=O)(=O)C=C3N)[C@H]2O[Si](C)(C)C(C)(C)C)c(=O)n(CCCNC(=O)[C@@H]2C[C@@H](O)CN2C(=O)[C@@H](NC(=O)OCc2ccccc2)C(C)C)c1=O. The molecule has 4 heterocycles. The Morgan fingerprint density at radius 3 is 2.21 bits per heavy atom. The molecule has 19 nitrogen and oxygen atoms in total. The average Bonchev–Trinajstić information content (AvgIpc) is 3.84. The molecule has 67 heavy (non-hydrogen) atoms. The summed E-state index contributed by atoms with van der Waals surface area (Å²) in [6, 6.07) is 6.93. The number of hydrogen-bond acceptors (Lipinski definition) is 14. The fourth-order valence-corrected chi connectivity index (χ4v) is 11.3. The number of nitrogens with one attached hydrogen (secondary N) is 2. The number of aliphatic hydroxyl groups excluding tert-OH is 1. The Hall–Kier alpha value is -4.17. The molecule has 1 aromatic carbocycles. The summed E-state index contributed by atoms with van der Waals surface area (Å²) in [6.07, 6.45) is -4.21. The van der Waals surface area contributed by atoms with Crippen molar-refractivity contribution in [3.63, 3.8) is 0 Å². The Morgan fingerprint density at radius 1 is 1.01 bits per heavy atom. The van der Waals surface area contributed by atoms with E-state index in [9.17, 15) is 37.5 Å². The summed E-state index contributed by atoms with van der Waals surface area (Å²) >= 11 is 0. The summed E-state index contributed by atoms with van der Waals surface area (Å²) < 4.78 is 60.3. The Labute approximate surface area is 396 Å². The van der Waals surface area contributed by atoms with Gasteiger partial charge in [0.1, 0.15) is 30.9 Å². The smallest absolute Gasteiger partial charge is 0.408 e. The summed E-state index contributed by atoms with van der Waals surface area (Å²) in [6.45, 7) is 24.8. The second-order valence-corrected chi connectivity index (χ2v) is 32.2. The quantitative estimate of drug-likeness (QED) is 0.106. The van der Waals surface area contributed by atoms with Crippen LogP contribution in [-0.4, -0.2) is 118 Å². The fourth-order valence-electron chi connectivity index (χ4n) is 7.81. The van der Waals surface area contributed by atoms with Gasteiger partial charge in [0.15, 0.2) is 28.5 Å². The van der Waals surface area contributed by atoms with Crippen LogP contribution in [0.25, 0.3) is 0 Å². The van der Waals surface area contributed by atoms with E-state index in [-0.39, 0.29) is 62.0 Å². The maximum Gasteiger partial charge on any atom is 0.408 e. The van der Waals surface area contributed by atoms with Crippen molar-refractivity contribution in [2.45, 2.75) is 167 Å². The standard InChI is InChI=1S/C45H72N6O13SSi2/c1-28(2)35(48-41(56)60-25-30-18-15-14-16-19-30)39(55)50-24-31(52)22-32(50)37(53)47-20-17-21-49-38(54)29(3)23-51(42(49)57)40-36(63-67(12,13)44(7,8)9)45(33(46)27-65(58,59)64-45)34(62-40)26-61-66(10,11)43(4,5)6/h14-16,18-19,23,27-28,31-32,34-36,40,52H,17,20-22,24-26,46H2,1-13H3,(H,47,53)(H,48,56)/t31-,32+,34-,35+,36+,40-,45-/m1/s1. The number of aromatic nitrogens is 2. The molecule has 5 rings (SSSR count). The van der Waals surface area contributed by atoms with Crippen LogP contribution >= 0.6 is 0 Å². The minimum absolute atomic E-state index is 0.00947. The first-order valence-corrected chi connectivity index (χ1v) is 30.1. The lowest BCUT2D eigenvalue weighted by atomic mass is 9.89. The van der Waals surface area contributed by atoms with E-state index in [1.807, 2.05) is 65.2 Å². The lowest BCUT2D eigenvalue weighted by Gasteiger charge is -2.43. The number of benzene rings is 1. The number of aryl methyl sites for hydroxylation is 1. The summed E-state index contributed by atoms with van der Waals surface area (Å²) in [5, 5.41) is 16.2. The minimum atomic E-state index is -4.34. The minimum Gasteiger partial charge on any atom is -0.445 e. The predicted octanol–water partition coefficient (Wildman–Crippen LogP) is 3.95. The molecule has 2 saturated heterocycles. The molecule has 3 amide bonds. The lowest BCUT2D eigenvalue weighted by Crippen LogP contribution is -2.59. The summed E-state index contributed by atoms with van der Waals surface area (Å²) in [5.41, 5.74) is 4.10. The highest BCUT2D eigenvalue weighted by Crippen LogP contribution is 2.52. The maximum absolute atomic E-state index is 14.6. The van der Waals surface area contributed by atoms with Crippen molar-refractivity contribution < 1.29 is 50.4 Å². The van der Waals surface area contributed by atoms with Crippen LogP contribution in [0.4, 0.5) is 4.79 Å². The van der Waals surface area contributed by atoms with Crippen LogP contribution in [0.5, 0.6) is 0 Å². The normalized spacial score (nSPS) is 24.8. The topological polar surface area (TPSA) is 249 Å². The number of likely N-dealkylation sites (tertiary alicyclic amines) is 1. The van der Waals surface area contributed by atoms with Gasteiger partial charge >= 0.3 is 11.8 Å². The molecule has 1 spiro atoms. The van der Waals surface area contributed by atoms with Gasteiger partial charge in [-0.2, -0.15) is 8.42 Å². The monoisotopic (exact) mass is 992 g/mol. The van der Waals surface area contributed by atoms with E-state index in [0.717, 1.165) is 15.5 Å².